The number of rotatable bonds is 11. The molecule has 268 valence electrons. The molecule has 0 radical (unpaired) electrons. The highest BCUT2D eigenvalue weighted by atomic mass is 16.8. The summed E-state index contributed by atoms with van der Waals surface area (Å²) in [6.07, 6.45) is 3.57. The quantitative estimate of drug-likeness (QED) is 0.109. The second kappa shape index (κ2) is 13.9. The van der Waals surface area contributed by atoms with Crippen LogP contribution in [0.3, 0.4) is 0 Å². The predicted octanol–water partition coefficient (Wildman–Crippen LogP) is 1.12. The number of aliphatic hydroxyl groups is 2. The summed E-state index contributed by atoms with van der Waals surface area (Å²) in [5, 5.41) is 54.9. The number of benzene rings is 1. The molecule has 14 nitrogen and oxygen atoms in total. The zero-order valence-electron chi connectivity index (χ0n) is 28.0. The number of phenols is 1. The number of ether oxygens (including phenoxy) is 2. The van der Waals surface area contributed by atoms with Gasteiger partial charge in [0.25, 0.3) is 0 Å². The minimum Gasteiger partial charge on any atom is -0.595 e. The van der Waals surface area contributed by atoms with Gasteiger partial charge < -0.3 is 35.3 Å². The van der Waals surface area contributed by atoms with Gasteiger partial charge in [-0.1, -0.05) is 25.5 Å². The Bertz CT molecular complexity index is 1540. The number of methoxy groups -OCH3 is 1. The van der Waals surface area contributed by atoms with E-state index in [1.807, 2.05) is 6.92 Å². The monoisotopic (exact) mass is 686 g/mol. The van der Waals surface area contributed by atoms with Gasteiger partial charge in [-0.05, 0) is 79.4 Å². The van der Waals surface area contributed by atoms with E-state index < -0.39 is 77.2 Å². The largest absolute Gasteiger partial charge is 0.595 e. The number of aliphatic hydroxyl groups excluding tert-OH is 1. The second-order valence-corrected chi connectivity index (χ2v) is 14.6. The summed E-state index contributed by atoms with van der Waals surface area (Å²) in [6, 6.07) is 2.51. The Balaban J connectivity index is 1.16. The number of amides is 1. The number of carbonyl (C=O) groups excluding carboxylic acids is 5. The third-order valence-corrected chi connectivity index (χ3v) is 12.0. The number of ketones is 2. The van der Waals surface area contributed by atoms with E-state index in [0.29, 0.717) is 24.8 Å². The topological polar surface area (TPSA) is 224 Å². The van der Waals surface area contributed by atoms with Crippen LogP contribution in [0.25, 0.3) is 0 Å². The molecule has 0 aliphatic heterocycles. The molecule has 0 saturated heterocycles. The number of phenolic OH excluding ortho intramolecular Hbond substituents is 1. The smallest absolute Gasteiger partial charge is 0.328 e. The van der Waals surface area contributed by atoms with E-state index in [0.717, 1.165) is 31.6 Å². The van der Waals surface area contributed by atoms with Crippen LogP contribution in [0.2, 0.25) is 0 Å². The van der Waals surface area contributed by atoms with Gasteiger partial charge >= 0.3 is 11.9 Å². The molecule has 0 bridgehead atoms. The number of Topliss-reactive ketones (excluding diaryl/α,β-unsaturated/α-hetero) is 1. The van der Waals surface area contributed by atoms with Gasteiger partial charge in [0.2, 0.25) is 17.4 Å². The number of fused-ring (bicyclic) bond motifs is 5. The van der Waals surface area contributed by atoms with Crippen molar-refractivity contribution in [1.82, 2.24) is 5.32 Å². The van der Waals surface area contributed by atoms with Gasteiger partial charge in [-0.25, -0.2) is 10.0 Å². The number of esters is 2. The number of quaternary nitrogens is 1. The van der Waals surface area contributed by atoms with Crippen molar-refractivity contribution in [1.29, 1.82) is 0 Å². The minimum atomic E-state index is -1.82. The predicted molar refractivity (Wildman–Crippen MR) is 170 cm³/mol. The first-order valence-electron chi connectivity index (χ1n) is 16.8. The summed E-state index contributed by atoms with van der Waals surface area (Å²) >= 11 is 0. The van der Waals surface area contributed by atoms with Crippen LogP contribution < -0.4 is 10.5 Å². The van der Waals surface area contributed by atoms with E-state index >= 15 is 0 Å². The summed E-state index contributed by atoms with van der Waals surface area (Å²) in [4.78, 5) is 63.3. The molecule has 9 atom stereocenters. The van der Waals surface area contributed by atoms with Gasteiger partial charge in [-0.2, -0.15) is 5.23 Å². The molecule has 3 fully saturated rings. The average molecular weight is 687 g/mol. The first-order chi connectivity index (χ1) is 23.0. The van der Waals surface area contributed by atoms with Crippen molar-refractivity contribution in [3.8, 4) is 5.75 Å². The summed E-state index contributed by atoms with van der Waals surface area (Å²) in [5.41, 5.74) is -2.03. The summed E-state index contributed by atoms with van der Waals surface area (Å²) in [5.74, 6) is -3.43. The molecule has 1 amide bonds. The van der Waals surface area contributed by atoms with Gasteiger partial charge in [-0.15, -0.1) is 0 Å². The zero-order valence-corrected chi connectivity index (χ0v) is 28.0. The first-order valence-corrected chi connectivity index (χ1v) is 16.8. The molecular weight excluding hydrogens is 640 g/mol. The van der Waals surface area contributed by atoms with Crippen LogP contribution in [-0.2, 0) is 39.9 Å². The van der Waals surface area contributed by atoms with Crippen molar-refractivity contribution in [2.75, 3.05) is 13.7 Å². The van der Waals surface area contributed by atoms with Gasteiger partial charge in [0.05, 0.1) is 19.6 Å². The molecule has 0 heterocycles. The second-order valence-electron chi connectivity index (χ2n) is 14.6. The van der Waals surface area contributed by atoms with Crippen LogP contribution in [0.4, 0.5) is 5.69 Å². The highest BCUT2D eigenvalue weighted by Crippen LogP contribution is 2.67. The standard InChI is InChI=1S/C35H46N2O12/c1-33-12-10-21(38)16-20(33)5-6-22-23-11-13-35(45,34(23,2)17-27(40)31(22)33)28(41)18-49-30(43)9-8-29(42)36-24(32(44)48-3)14-19-4-7-26(39)25(15-19)37(46)47/h4,7,15-16,22-24,27,31,37,39-40,45-46H,5-6,8-14,17-18H2,1-3H3,(H,36,42)/t22-,23+,24-,27+,31-,33+,34-,35+/m1/s1. The molecule has 0 spiro atoms. The SMILES string of the molecule is COC(=O)[C@@H](Cc1ccc(O)c([NH+]([O-])O)c1)NC(=O)CCC(=O)OCC(=O)[C@@]1(O)CC[C@H]2[C@H]3CCC4=CC(=O)CC[C@]4(C)[C@H]3[C@@H](O)C[C@]21C. The highest BCUT2D eigenvalue weighted by molar-refractivity contribution is 5.92. The van der Waals surface area contributed by atoms with Crippen LogP contribution in [0.1, 0.15) is 77.2 Å². The van der Waals surface area contributed by atoms with Gasteiger partial charge in [0.15, 0.2) is 18.1 Å². The molecule has 4 aliphatic carbocycles. The first kappa shape index (κ1) is 36.6. The molecular formula is C35H46N2O12. The van der Waals surface area contributed by atoms with Crippen molar-refractivity contribution in [2.45, 2.75) is 95.8 Å². The lowest BCUT2D eigenvalue weighted by atomic mass is 9.45. The van der Waals surface area contributed by atoms with Crippen molar-refractivity contribution < 1.29 is 59.2 Å². The Morgan fingerprint density at radius 1 is 1.12 bits per heavy atom. The maximum absolute atomic E-state index is 13.5. The number of aromatic hydroxyl groups is 1. The Labute approximate surface area is 284 Å². The van der Waals surface area contributed by atoms with Gasteiger partial charge in [0.1, 0.15) is 11.6 Å². The van der Waals surface area contributed by atoms with Crippen LogP contribution in [0.15, 0.2) is 29.8 Å². The molecule has 3 saturated carbocycles. The molecule has 0 aromatic heterocycles. The van der Waals surface area contributed by atoms with Gasteiger partial charge in [0, 0.05) is 30.7 Å². The van der Waals surface area contributed by atoms with E-state index in [4.69, 9.17) is 9.47 Å². The number of allylic oxidation sites excluding steroid dienone is 1. The summed E-state index contributed by atoms with van der Waals surface area (Å²) in [6.45, 7) is 3.26. The average Bonchev–Trinajstić information content (AvgIpc) is 3.33. The van der Waals surface area contributed by atoms with Crippen LogP contribution >= 0.6 is 0 Å². The fourth-order valence-corrected chi connectivity index (χ4v) is 9.42. The number of hydrogen-bond donors (Lipinski definition) is 6. The number of nitrogens with one attached hydrogen (secondary N) is 2. The summed E-state index contributed by atoms with van der Waals surface area (Å²) in [7, 11) is 1.12. The van der Waals surface area contributed by atoms with E-state index in [1.54, 1.807) is 6.08 Å². The maximum Gasteiger partial charge on any atom is 0.328 e. The Morgan fingerprint density at radius 2 is 1.86 bits per heavy atom. The van der Waals surface area contributed by atoms with E-state index in [9.17, 15) is 49.7 Å². The van der Waals surface area contributed by atoms with E-state index in [-0.39, 0.29) is 53.9 Å². The fourth-order valence-electron chi connectivity index (χ4n) is 9.42. The van der Waals surface area contributed by atoms with Crippen molar-refractivity contribution >= 4 is 35.1 Å². The van der Waals surface area contributed by atoms with Crippen LogP contribution in [0.5, 0.6) is 5.75 Å². The normalized spacial score (nSPS) is 33.2. The molecule has 1 aromatic carbocycles. The summed E-state index contributed by atoms with van der Waals surface area (Å²) < 4.78 is 9.95. The third-order valence-electron chi connectivity index (χ3n) is 12.0. The van der Waals surface area contributed by atoms with Gasteiger partial charge in [-0.3, -0.25) is 19.2 Å². The molecule has 49 heavy (non-hydrogen) atoms. The van der Waals surface area contributed by atoms with Crippen molar-refractivity contribution in [3.05, 3.63) is 40.6 Å². The van der Waals surface area contributed by atoms with Crippen LogP contribution in [-0.4, -0.2) is 81.4 Å². The lowest BCUT2D eigenvalue weighted by Crippen LogP contribution is -2.99. The molecule has 1 unspecified atom stereocenters. The minimum absolute atomic E-state index is 0.0368. The molecule has 14 heteroatoms. The van der Waals surface area contributed by atoms with E-state index in [2.05, 4.69) is 12.2 Å². The van der Waals surface area contributed by atoms with Crippen molar-refractivity contribution in [2.24, 2.45) is 28.6 Å². The zero-order chi connectivity index (χ0) is 35.9. The highest BCUT2D eigenvalue weighted by Gasteiger charge is 2.68. The lowest BCUT2D eigenvalue weighted by Gasteiger charge is -2.60. The van der Waals surface area contributed by atoms with Crippen LogP contribution in [0, 0.1) is 33.8 Å². The third kappa shape index (κ3) is 6.76. The Kier molecular flexibility index (Phi) is 10.4. The molecule has 5 rings (SSSR count). The molecule has 1 aromatic rings. The number of carbonyl (C=O) groups is 5. The maximum atomic E-state index is 13.5. The molecule has 6 N–H and O–H groups in total. The lowest BCUT2D eigenvalue weighted by molar-refractivity contribution is -0.991. The fraction of sp³-hybridized carbons (Fsp3) is 0.629. The van der Waals surface area contributed by atoms with E-state index in [1.165, 1.54) is 12.1 Å². The Hall–Kier alpha value is -3.69. The molecule has 4 aliphatic rings. The Morgan fingerprint density at radius 3 is 2.55 bits per heavy atom. The number of hydrogen-bond acceptors (Lipinski definition) is 12. The van der Waals surface area contributed by atoms with Crippen molar-refractivity contribution in [3.63, 3.8) is 0 Å².